The molecule has 7 heteroatoms. The number of carboxylic acid groups (broad SMARTS) is 1. The molecule has 21 heavy (non-hydrogen) atoms. The third-order valence-electron chi connectivity index (χ3n) is 2.67. The van der Waals surface area contributed by atoms with Crippen molar-refractivity contribution in [3.05, 3.63) is 64.7 Å². The fourth-order valence-corrected chi connectivity index (χ4v) is 3.15. The van der Waals surface area contributed by atoms with Crippen molar-refractivity contribution in [1.29, 1.82) is 0 Å². The maximum atomic E-state index is 12.0. The molecule has 0 aliphatic rings. The highest BCUT2D eigenvalue weighted by molar-refractivity contribution is 7.91. The Morgan fingerprint density at radius 1 is 1.14 bits per heavy atom. The van der Waals surface area contributed by atoms with Crippen LogP contribution in [-0.4, -0.2) is 19.5 Å². The van der Waals surface area contributed by atoms with Crippen LogP contribution >= 0.6 is 11.6 Å². The fourth-order valence-electron chi connectivity index (χ4n) is 1.76. The molecule has 0 fully saturated rings. The summed E-state index contributed by atoms with van der Waals surface area (Å²) in [7, 11) is -3.63. The van der Waals surface area contributed by atoms with Crippen LogP contribution in [0.15, 0.2) is 48.5 Å². The van der Waals surface area contributed by atoms with Gasteiger partial charge in [0.15, 0.2) is 0 Å². The summed E-state index contributed by atoms with van der Waals surface area (Å²) in [6.07, 6.45) is 0. The minimum absolute atomic E-state index is 0.0495. The zero-order chi connectivity index (χ0) is 15.5. The second-order valence-corrected chi connectivity index (χ2v) is 6.48. The molecular formula is C14H12ClNO4S. The van der Waals surface area contributed by atoms with Gasteiger partial charge in [0.1, 0.15) is 0 Å². The number of carboxylic acids is 1. The minimum atomic E-state index is -3.63. The van der Waals surface area contributed by atoms with E-state index >= 15 is 0 Å². The maximum Gasteiger partial charge on any atom is 0.337 e. The number of sulfonamides is 1. The molecule has 0 atom stereocenters. The molecule has 2 aromatic rings. The first-order chi connectivity index (χ1) is 9.87. The number of rotatable bonds is 5. The molecule has 0 unspecified atom stereocenters. The molecule has 110 valence electrons. The van der Waals surface area contributed by atoms with Gasteiger partial charge in [-0.3, -0.25) is 4.72 Å². The van der Waals surface area contributed by atoms with Crippen molar-refractivity contribution in [2.75, 3.05) is 4.72 Å². The maximum absolute atomic E-state index is 12.0. The van der Waals surface area contributed by atoms with Crippen molar-refractivity contribution in [2.24, 2.45) is 0 Å². The van der Waals surface area contributed by atoms with Crippen molar-refractivity contribution in [2.45, 2.75) is 5.75 Å². The first kappa shape index (κ1) is 15.3. The highest BCUT2D eigenvalue weighted by Gasteiger charge is 2.14. The van der Waals surface area contributed by atoms with E-state index in [0.717, 1.165) is 0 Å². The standard InChI is InChI=1S/C14H12ClNO4S/c15-13-7-6-11(8-12(13)14(17)18)16-21(19,20)9-10-4-2-1-3-5-10/h1-8,16H,9H2,(H,17,18). The van der Waals surface area contributed by atoms with Crippen molar-refractivity contribution in [3.63, 3.8) is 0 Å². The molecule has 0 aliphatic heterocycles. The topological polar surface area (TPSA) is 83.5 Å². The molecule has 2 N–H and O–H groups in total. The lowest BCUT2D eigenvalue weighted by atomic mass is 10.2. The van der Waals surface area contributed by atoms with Gasteiger partial charge in [0.05, 0.1) is 16.3 Å². The van der Waals surface area contributed by atoms with E-state index in [1.54, 1.807) is 30.3 Å². The summed E-state index contributed by atoms with van der Waals surface area (Å²) >= 11 is 5.73. The SMILES string of the molecule is O=C(O)c1cc(NS(=O)(=O)Cc2ccccc2)ccc1Cl. The number of nitrogens with one attached hydrogen (secondary N) is 1. The summed E-state index contributed by atoms with van der Waals surface area (Å²) in [6, 6.07) is 12.6. The molecule has 0 aromatic heterocycles. The lowest BCUT2D eigenvalue weighted by molar-refractivity contribution is 0.0697. The van der Waals surface area contributed by atoms with Crippen LogP contribution in [0.2, 0.25) is 5.02 Å². The summed E-state index contributed by atoms with van der Waals surface area (Å²) in [6.45, 7) is 0. The zero-order valence-electron chi connectivity index (χ0n) is 10.8. The lowest BCUT2D eigenvalue weighted by Gasteiger charge is -2.09. The fraction of sp³-hybridized carbons (Fsp3) is 0.0714. The van der Waals surface area contributed by atoms with Crippen LogP contribution < -0.4 is 4.72 Å². The van der Waals surface area contributed by atoms with E-state index in [1.807, 2.05) is 0 Å². The first-order valence-corrected chi connectivity index (χ1v) is 7.98. The molecule has 0 spiro atoms. The summed E-state index contributed by atoms with van der Waals surface area (Å²) in [5.74, 6) is -1.41. The summed E-state index contributed by atoms with van der Waals surface area (Å²) in [5.41, 5.74) is 0.640. The van der Waals surface area contributed by atoms with Crippen molar-refractivity contribution >= 4 is 33.3 Å². The number of hydrogen-bond donors (Lipinski definition) is 2. The molecule has 0 saturated heterocycles. The summed E-state index contributed by atoms with van der Waals surface area (Å²) < 4.78 is 26.4. The Balaban J connectivity index is 2.21. The van der Waals surface area contributed by atoms with Gasteiger partial charge in [0.25, 0.3) is 0 Å². The van der Waals surface area contributed by atoms with Crippen LogP contribution in [0.25, 0.3) is 0 Å². The largest absolute Gasteiger partial charge is 0.478 e. The van der Waals surface area contributed by atoms with E-state index in [9.17, 15) is 13.2 Å². The van der Waals surface area contributed by atoms with Gasteiger partial charge in [-0.2, -0.15) is 0 Å². The third kappa shape index (κ3) is 4.21. The Hall–Kier alpha value is -2.05. The molecule has 0 heterocycles. The van der Waals surface area contributed by atoms with Crippen molar-refractivity contribution in [1.82, 2.24) is 0 Å². The van der Waals surface area contributed by atoms with Gasteiger partial charge >= 0.3 is 5.97 Å². The smallest absolute Gasteiger partial charge is 0.337 e. The molecule has 0 radical (unpaired) electrons. The van der Waals surface area contributed by atoms with Gasteiger partial charge in [-0.1, -0.05) is 41.9 Å². The first-order valence-electron chi connectivity index (χ1n) is 5.95. The van der Waals surface area contributed by atoms with E-state index in [1.165, 1.54) is 18.2 Å². The average molecular weight is 326 g/mol. The van der Waals surface area contributed by atoms with Gasteiger partial charge in [0.2, 0.25) is 10.0 Å². The van der Waals surface area contributed by atoms with E-state index in [-0.39, 0.29) is 22.0 Å². The molecule has 0 saturated carbocycles. The van der Waals surface area contributed by atoms with E-state index in [0.29, 0.717) is 5.56 Å². The average Bonchev–Trinajstić information content (AvgIpc) is 2.41. The normalized spacial score (nSPS) is 11.1. The van der Waals surface area contributed by atoms with Crippen molar-refractivity contribution < 1.29 is 18.3 Å². The molecule has 0 aliphatic carbocycles. The monoisotopic (exact) mass is 325 g/mol. The molecular weight excluding hydrogens is 314 g/mol. The Labute approximate surface area is 127 Å². The summed E-state index contributed by atoms with van der Waals surface area (Å²) in [5, 5.41) is 9.01. The molecule has 2 aromatic carbocycles. The number of benzene rings is 2. The predicted octanol–water partition coefficient (Wildman–Crippen LogP) is 2.98. The predicted molar refractivity (Wildman–Crippen MR) is 81.1 cm³/mol. The van der Waals surface area contributed by atoms with Crippen LogP contribution in [0.3, 0.4) is 0 Å². The van der Waals surface area contributed by atoms with E-state index < -0.39 is 16.0 Å². The highest BCUT2D eigenvalue weighted by Crippen LogP contribution is 2.22. The number of halogens is 1. The van der Waals surface area contributed by atoms with Crippen LogP contribution in [0, 0.1) is 0 Å². The lowest BCUT2D eigenvalue weighted by Crippen LogP contribution is -2.15. The van der Waals surface area contributed by atoms with Gasteiger partial charge in [0, 0.05) is 5.69 Å². The second kappa shape index (κ2) is 6.15. The zero-order valence-corrected chi connectivity index (χ0v) is 12.4. The van der Waals surface area contributed by atoms with Crippen LogP contribution in [0.1, 0.15) is 15.9 Å². The van der Waals surface area contributed by atoms with Crippen LogP contribution in [-0.2, 0) is 15.8 Å². The van der Waals surface area contributed by atoms with Crippen molar-refractivity contribution in [3.8, 4) is 0 Å². The quantitative estimate of drug-likeness (QED) is 0.885. The highest BCUT2D eigenvalue weighted by atomic mass is 35.5. The van der Waals surface area contributed by atoms with Gasteiger partial charge in [-0.05, 0) is 23.8 Å². The van der Waals surface area contributed by atoms with Crippen LogP contribution in [0.5, 0.6) is 0 Å². The van der Waals surface area contributed by atoms with E-state index in [2.05, 4.69) is 4.72 Å². The Kier molecular flexibility index (Phi) is 4.50. The van der Waals surface area contributed by atoms with Gasteiger partial charge < -0.3 is 5.11 Å². The Bertz CT molecular complexity index is 760. The number of anilines is 1. The number of carbonyl (C=O) groups is 1. The minimum Gasteiger partial charge on any atom is -0.478 e. The Morgan fingerprint density at radius 3 is 2.43 bits per heavy atom. The van der Waals surface area contributed by atoms with Gasteiger partial charge in [-0.15, -0.1) is 0 Å². The van der Waals surface area contributed by atoms with Crippen LogP contribution in [0.4, 0.5) is 5.69 Å². The Morgan fingerprint density at radius 2 is 1.81 bits per heavy atom. The van der Waals surface area contributed by atoms with Gasteiger partial charge in [-0.25, -0.2) is 13.2 Å². The molecule has 0 amide bonds. The summed E-state index contributed by atoms with van der Waals surface area (Å²) in [4.78, 5) is 11.0. The molecule has 5 nitrogen and oxygen atoms in total. The molecule has 0 bridgehead atoms. The number of aromatic carboxylic acids is 1. The number of hydrogen-bond acceptors (Lipinski definition) is 3. The third-order valence-corrected chi connectivity index (χ3v) is 4.26. The molecule has 2 rings (SSSR count). The second-order valence-electron chi connectivity index (χ2n) is 4.35. The van der Waals surface area contributed by atoms with E-state index in [4.69, 9.17) is 16.7 Å².